The molecule has 28 heavy (non-hydrogen) atoms. The number of guanidine groups is 1. The van der Waals surface area contributed by atoms with Crippen LogP contribution in [0.3, 0.4) is 0 Å². The molecule has 1 aliphatic carbocycles. The van der Waals surface area contributed by atoms with Crippen LogP contribution in [0, 0.1) is 11.7 Å². The van der Waals surface area contributed by atoms with Gasteiger partial charge in [0, 0.05) is 37.4 Å². The zero-order valence-corrected chi connectivity index (χ0v) is 16.8. The Morgan fingerprint density at radius 2 is 2.11 bits per heavy atom. The topological polar surface area (TPSA) is 45.5 Å². The first-order valence-corrected chi connectivity index (χ1v) is 10.4. The van der Waals surface area contributed by atoms with Crippen LogP contribution >= 0.6 is 0 Å². The van der Waals surface area contributed by atoms with E-state index in [2.05, 4.69) is 39.8 Å². The minimum atomic E-state index is -0.177. The van der Waals surface area contributed by atoms with Crippen molar-refractivity contribution < 1.29 is 4.39 Å². The smallest absolute Gasteiger partial charge is 0.194 e. The van der Waals surface area contributed by atoms with Crippen LogP contribution in [0.1, 0.15) is 44.7 Å². The van der Waals surface area contributed by atoms with Crippen molar-refractivity contribution in [2.24, 2.45) is 10.9 Å². The molecule has 0 spiro atoms. The molecule has 0 amide bonds. The van der Waals surface area contributed by atoms with Gasteiger partial charge in [-0.1, -0.05) is 19.1 Å². The minimum absolute atomic E-state index is 0.0845. The third kappa shape index (κ3) is 3.91. The van der Waals surface area contributed by atoms with Crippen molar-refractivity contribution in [2.45, 2.75) is 44.6 Å². The predicted molar refractivity (Wildman–Crippen MR) is 110 cm³/mol. The van der Waals surface area contributed by atoms with Crippen molar-refractivity contribution >= 4 is 5.96 Å². The summed E-state index contributed by atoms with van der Waals surface area (Å²) in [5, 5.41) is 3.48. The highest BCUT2D eigenvalue weighted by atomic mass is 19.1. The van der Waals surface area contributed by atoms with Crippen LogP contribution in [0.25, 0.3) is 0 Å². The van der Waals surface area contributed by atoms with E-state index in [0.29, 0.717) is 12.0 Å². The molecule has 1 aromatic heterocycles. The molecule has 1 saturated heterocycles. The molecule has 1 N–H and O–H groups in total. The van der Waals surface area contributed by atoms with E-state index in [1.165, 1.54) is 5.56 Å². The van der Waals surface area contributed by atoms with E-state index in [0.717, 1.165) is 51.4 Å². The van der Waals surface area contributed by atoms with Crippen molar-refractivity contribution in [2.75, 3.05) is 26.2 Å². The van der Waals surface area contributed by atoms with Gasteiger partial charge in [-0.3, -0.25) is 4.99 Å². The lowest BCUT2D eigenvalue weighted by Crippen LogP contribution is -2.49. The van der Waals surface area contributed by atoms with Crippen molar-refractivity contribution in [1.29, 1.82) is 0 Å². The number of nitrogens with zero attached hydrogens (tertiary/aromatic N) is 4. The molecule has 150 valence electrons. The van der Waals surface area contributed by atoms with E-state index >= 15 is 0 Å². The van der Waals surface area contributed by atoms with Crippen LogP contribution in [0.15, 0.2) is 48.0 Å². The number of hydrogen-bond acceptors (Lipinski definition) is 2. The highest BCUT2D eigenvalue weighted by molar-refractivity contribution is 5.80. The first-order valence-electron chi connectivity index (χ1n) is 10.4. The monoisotopic (exact) mass is 383 g/mol. The Hall–Kier alpha value is -2.37. The lowest BCUT2D eigenvalue weighted by molar-refractivity contribution is 0.189. The van der Waals surface area contributed by atoms with E-state index in [-0.39, 0.29) is 11.2 Å². The molecule has 2 fully saturated rings. The van der Waals surface area contributed by atoms with Gasteiger partial charge in [0.25, 0.3) is 0 Å². The molecule has 2 heterocycles. The van der Waals surface area contributed by atoms with Crippen LogP contribution < -0.4 is 5.32 Å². The number of halogens is 1. The molecule has 2 aliphatic rings. The molecule has 0 radical (unpaired) electrons. The number of aliphatic imine (C=N–C) groups is 1. The zero-order chi connectivity index (χ0) is 19.6. The van der Waals surface area contributed by atoms with Crippen molar-refractivity contribution in [3.63, 3.8) is 0 Å². The molecule has 1 saturated carbocycles. The first kappa shape index (κ1) is 19.0. The molecular formula is C22H30FN5. The summed E-state index contributed by atoms with van der Waals surface area (Å²) in [6, 6.07) is 7.37. The fraction of sp³-hybridized carbons (Fsp3) is 0.545. The summed E-state index contributed by atoms with van der Waals surface area (Å²) in [6.07, 6.45) is 9.21. The molecule has 5 nitrogen and oxygen atoms in total. The molecule has 2 unspecified atom stereocenters. The fourth-order valence-electron chi connectivity index (χ4n) is 4.24. The molecule has 4 rings (SSSR count). The van der Waals surface area contributed by atoms with E-state index in [1.54, 1.807) is 12.1 Å². The lowest BCUT2D eigenvalue weighted by atomic mass is 9.93. The maximum absolute atomic E-state index is 13.3. The van der Waals surface area contributed by atoms with Gasteiger partial charge in [0.2, 0.25) is 0 Å². The third-order valence-electron chi connectivity index (χ3n) is 6.30. The average Bonchev–Trinajstić information content (AvgIpc) is 3.29. The van der Waals surface area contributed by atoms with Gasteiger partial charge >= 0.3 is 0 Å². The van der Waals surface area contributed by atoms with Crippen molar-refractivity contribution in [1.82, 2.24) is 19.8 Å². The number of rotatable bonds is 5. The Kier molecular flexibility index (Phi) is 5.38. The molecule has 1 aliphatic heterocycles. The summed E-state index contributed by atoms with van der Waals surface area (Å²) in [5.41, 5.74) is 1.29. The predicted octanol–water partition coefficient (Wildman–Crippen LogP) is 3.60. The third-order valence-corrected chi connectivity index (χ3v) is 6.30. The summed E-state index contributed by atoms with van der Waals surface area (Å²) in [5.74, 6) is 1.43. The molecule has 6 heteroatoms. The summed E-state index contributed by atoms with van der Waals surface area (Å²) in [4.78, 5) is 11.6. The number of nitrogens with one attached hydrogen (secondary N) is 1. The van der Waals surface area contributed by atoms with Gasteiger partial charge in [-0.15, -0.1) is 0 Å². The van der Waals surface area contributed by atoms with Gasteiger partial charge in [0.15, 0.2) is 5.96 Å². The Morgan fingerprint density at radius 1 is 1.32 bits per heavy atom. The second-order valence-electron chi connectivity index (χ2n) is 8.25. The Morgan fingerprint density at radius 3 is 2.75 bits per heavy atom. The standard InChI is InChI=1S/C22H30FN5/c1-3-25-21(26-15-22(9-10-22)18-4-6-19(23)7-5-18)27-12-8-17(2)20(14-27)28-13-11-24-16-28/h4-7,11,13,16-17,20H,3,8-10,12,14-15H2,1-2H3,(H,25,26). The summed E-state index contributed by atoms with van der Waals surface area (Å²) in [7, 11) is 0. The van der Waals surface area contributed by atoms with Crippen molar-refractivity contribution in [3.8, 4) is 0 Å². The number of imidazole rings is 1. The average molecular weight is 384 g/mol. The maximum atomic E-state index is 13.3. The molecule has 2 atom stereocenters. The highest BCUT2D eigenvalue weighted by Gasteiger charge is 2.44. The van der Waals surface area contributed by atoms with E-state index in [9.17, 15) is 4.39 Å². The van der Waals surface area contributed by atoms with E-state index in [4.69, 9.17) is 4.99 Å². The SMILES string of the molecule is CCNC(=NCC1(c2ccc(F)cc2)CC1)N1CCC(C)C(n2ccnc2)C1. The van der Waals surface area contributed by atoms with Crippen LogP contribution in [0.2, 0.25) is 0 Å². The summed E-state index contributed by atoms with van der Waals surface area (Å²) >= 11 is 0. The normalized spacial score (nSPS) is 24.2. The minimum Gasteiger partial charge on any atom is -0.357 e. The first-order chi connectivity index (χ1) is 13.6. The summed E-state index contributed by atoms with van der Waals surface area (Å²) in [6.45, 7) is 7.99. The highest BCUT2D eigenvalue weighted by Crippen LogP contribution is 2.48. The molecule has 2 aromatic rings. The number of hydrogen-bond donors (Lipinski definition) is 1. The fourth-order valence-corrected chi connectivity index (χ4v) is 4.24. The maximum Gasteiger partial charge on any atom is 0.194 e. The Balaban J connectivity index is 1.49. The van der Waals surface area contributed by atoms with Crippen LogP contribution in [0.5, 0.6) is 0 Å². The van der Waals surface area contributed by atoms with Gasteiger partial charge in [0.1, 0.15) is 5.82 Å². The zero-order valence-electron chi connectivity index (χ0n) is 16.8. The number of likely N-dealkylation sites (tertiary alicyclic amines) is 1. The summed E-state index contributed by atoms with van der Waals surface area (Å²) < 4.78 is 15.5. The quantitative estimate of drug-likeness (QED) is 0.634. The van der Waals surface area contributed by atoms with E-state index in [1.807, 2.05) is 24.7 Å². The number of aromatic nitrogens is 2. The Labute approximate surface area is 166 Å². The van der Waals surface area contributed by atoms with E-state index < -0.39 is 0 Å². The second-order valence-corrected chi connectivity index (χ2v) is 8.25. The van der Waals surface area contributed by atoms with Crippen LogP contribution in [-0.4, -0.2) is 46.6 Å². The number of benzene rings is 1. The largest absolute Gasteiger partial charge is 0.357 e. The Bertz CT molecular complexity index is 795. The van der Waals surface area contributed by atoms with Gasteiger partial charge in [-0.05, 0) is 49.8 Å². The van der Waals surface area contributed by atoms with Gasteiger partial charge in [-0.2, -0.15) is 0 Å². The van der Waals surface area contributed by atoms with Crippen molar-refractivity contribution in [3.05, 3.63) is 54.4 Å². The molecule has 0 bridgehead atoms. The van der Waals surface area contributed by atoms with Gasteiger partial charge < -0.3 is 14.8 Å². The molecular weight excluding hydrogens is 353 g/mol. The molecule has 1 aromatic carbocycles. The second kappa shape index (κ2) is 7.94. The van der Waals surface area contributed by atoms with Gasteiger partial charge in [-0.25, -0.2) is 9.37 Å². The van der Waals surface area contributed by atoms with Gasteiger partial charge in [0.05, 0.1) is 18.9 Å². The lowest BCUT2D eigenvalue weighted by Gasteiger charge is -2.39. The van der Waals surface area contributed by atoms with Crippen LogP contribution in [0.4, 0.5) is 4.39 Å². The number of piperidine rings is 1. The van der Waals surface area contributed by atoms with Crippen LogP contribution in [-0.2, 0) is 5.41 Å².